The van der Waals surface area contributed by atoms with Crippen LogP contribution in [0.5, 0.6) is 0 Å². The minimum Gasteiger partial charge on any atom is -0.305 e. The van der Waals surface area contributed by atoms with Crippen molar-refractivity contribution in [2.75, 3.05) is 0 Å². The van der Waals surface area contributed by atoms with Crippen molar-refractivity contribution in [3.63, 3.8) is 0 Å². The summed E-state index contributed by atoms with van der Waals surface area (Å²) in [5, 5.41) is 8.06. The first-order chi connectivity index (χ1) is 10.5. The zero-order valence-electron chi connectivity index (χ0n) is 12.9. The highest BCUT2D eigenvalue weighted by Gasteiger charge is 2.13. The van der Waals surface area contributed by atoms with Crippen LogP contribution in [0.15, 0.2) is 57.3 Å². The molecular formula is C16H20Cl2N4. The summed E-state index contributed by atoms with van der Waals surface area (Å²) >= 11 is 12.3. The molecule has 22 heavy (non-hydrogen) atoms. The molecule has 1 rings (SSSR count). The highest BCUT2D eigenvalue weighted by molar-refractivity contribution is 6.44. The number of nitrogens with zero attached hydrogens (tertiary/aromatic N) is 3. The molecule has 0 aliphatic heterocycles. The van der Waals surface area contributed by atoms with E-state index in [0.29, 0.717) is 21.4 Å². The van der Waals surface area contributed by atoms with Gasteiger partial charge in [-0.3, -0.25) is 4.99 Å². The normalized spacial score (nSPS) is 15.0. The van der Waals surface area contributed by atoms with Crippen LogP contribution in [0, 0.1) is 0 Å². The van der Waals surface area contributed by atoms with E-state index in [4.69, 9.17) is 29.0 Å². The Morgan fingerprint density at radius 3 is 2.64 bits per heavy atom. The van der Waals surface area contributed by atoms with Crippen LogP contribution in [0.1, 0.15) is 32.8 Å². The molecule has 1 aromatic carbocycles. The average Bonchev–Trinajstić information content (AvgIpc) is 2.50. The molecule has 0 bridgehead atoms. The van der Waals surface area contributed by atoms with Crippen LogP contribution < -0.4 is 5.84 Å². The Morgan fingerprint density at radius 2 is 2.05 bits per heavy atom. The molecule has 118 valence electrons. The van der Waals surface area contributed by atoms with E-state index < -0.39 is 0 Å². The molecule has 0 radical (unpaired) electrons. The highest BCUT2D eigenvalue weighted by atomic mass is 35.5. The molecule has 0 aliphatic carbocycles. The van der Waals surface area contributed by atoms with E-state index in [9.17, 15) is 0 Å². The molecule has 2 N–H and O–H groups in total. The van der Waals surface area contributed by atoms with Crippen LogP contribution in [0.2, 0.25) is 10.0 Å². The molecule has 0 saturated carbocycles. The lowest BCUT2D eigenvalue weighted by atomic mass is 10.1. The lowest BCUT2D eigenvalue weighted by Gasteiger charge is -2.12. The van der Waals surface area contributed by atoms with Crippen molar-refractivity contribution in [2.45, 2.75) is 33.2 Å². The number of rotatable bonds is 5. The molecule has 0 heterocycles. The molecule has 4 nitrogen and oxygen atoms in total. The molecule has 1 atom stereocenters. The zero-order chi connectivity index (χ0) is 16.5. The first-order valence-electron chi connectivity index (χ1n) is 6.94. The third kappa shape index (κ3) is 4.97. The van der Waals surface area contributed by atoms with Crippen LogP contribution in [-0.2, 0) is 0 Å². The van der Waals surface area contributed by atoms with Gasteiger partial charge in [-0.2, -0.15) is 0 Å². The topological polar surface area (TPSA) is 63.1 Å². The summed E-state index contributed by atoms with van der Waals surface area (Å²) in [7, 11) is 0. The van der Waals surface area contributed by atoms with Crippen LogP contribution in [0.3, 0.4) is 0 Å². The fourth-order valence-corrected chi connectivity index (χ4v) is 2.32. The van der Waals surface area contributed by atoms with E-state index in [0.717, 1.165) is 6.42 Å². The van der Waals surface area contributed by atoms with Crippen LogP contribution in [0.25, 0.3) is 0 Å². The van der Waals surface area contributed by atoms with E-state index >= 15 is 0 Å². The van der Waals surface area contributed by atoms with Gasteiger partial charge >= 0.3 is 0 Å². The van der Waals surface area contributed by atoms with Gasteiger partial charge in [0.1, 0.15) is 0 Å². The molecule has 6 heteroatoms. The van der Waals surface area contributed by atoms with Crippen molar-refractivity contribution in [2.24, 2.45) is 21.2 Å². The van der Waals surface area contributed by atoms with Gasteiger partial charge in [0, 0.05) is 5.56 Å². The van der Waals surface area contributed by atoms with E-state index in [-0.39, 0.29) is 6.04 Å². The summed E-state index contributed by atoms with van der Waals surface area (Å²) in [5.74, 6) is 5.56. The second-order valence-electron chi connectivity index (χ2n) is 4.58. The van der Waals surface area contributed by atoms with Crippen molar-refractivity contribution in [1.29, 1.82) is 0 Å². The van der Waals surface area contributed by atoms with Gasteiger partial charge in [-0.1, -0.05) is 52.7 Å². The maximum Gasteiger partial charge on any atom is 0.181 e. The third-order valence-corrected chi connectivity index (χ3v) is 3.98. The molecule has 0 spiro atoms. The second-order valence-corrected chi connectivity index (χ2v) is 5.37. The number of allylic oxidation sites excluding steroid dienone is 3. The van der Waals surface area contributed by atoms with Crippen molar-refractivity contribution < 1.29 is 0 Å². The van der Waals surface area contributed by atoms with Gasteiger partial charge in [-0.25, -0.2) is 0 Å². The molecule has 0 aromatic heterocycles. The molecule has 1 aromatic rings. The summed E-state index contributed by atoms with van der Waals surface area (Å²) in [6.45, 7) is 5.96. The Hall–Kier alpha value is -1.65. The van der Waals surface area contributed by atoms with E-state index in [1.165, 1.54) is 5.57 Å². The van der Waals surface area contributed by atoms with Crippen LogP contribution in [0.4, 0.5) is 0 Å². The van der Waals surface area contributed by atoms with Gasteiger partial charge in [0.05, 0.1) is 16.1 Å². The summed E-state index contributed by atoms with van der Waals surface area (Å²) < 4.78 is 0. The number of aliphatic imine (C=N–C) groups is 1. The van der Waals surface area contributed by atoms with E-state index in [1.54, 1.807) is 18.2 Å². The number of hydrogen-bond donors (Lipinski definition) is 1. The van der Waals surface area contributed by atoms with Gasteiger partial charge in [0.15, 0.2) is 5.84 Å². The maximum absolute atomic E-state index is 6.22. The minimum atomic E-state index is -0.0725. The Labute approximate surface area is 141 Å². The Balaban J connectivity index is 3.22. The lowest BCUT2D eigenvalue weighted by molar-refractivity contribution is 0.828. The zero-order valence-corrected chi connectivity index (χ0v) is 14.4. The Kier molecular flexibility index (Phi) is 7.85. The van der Waals surface area contributed by atoms with Crippen molar-refractivity contribution in [3.05, 3.63) is 57.6 Å². The molecule has 0 amide bonds. The fraction of sp³-hybridized carbons (Fsp3) is 0.312. The van der Waals surface area contributed by atoms with E-state index in [1.807, 2.05) is 32.9 Å². The van der Waals surface area contributed by atoms with Gasteiger partial charge in [-0.05, 0) is 44.9 Å². The predicted molar refractivity (Wildman–Crippen MR) is 94.7 cm³/mol. The molecule has 0 saturated heterocycles. The maximum atomic E-state index is 6.22. The molecule has 1 unspecified atom stereocenters. The number of amidine groups is 1. The summed E-state index contributed by atoms with van der Waals surface area (Å²) in [6.07, 6.45) is 6.96. The summed E-state index contributed by atoms with van der Waals surface area (Å²) in [4.78, 5) is 4.59. The largest absolute Gasteiger partial charge is 0.305 e. The van der Waals surface area contributed by atoms with E-state index in [2.05, 4.69) is 21.4 Å². The van der Waals surface area contributed by atoms with Crippen LogP contribution in [-0.4, -0.2) is 11.9 Å². The fourth-order valence-electron chi connectivity index (χ4n) is 1.93. The Morgan fingerprint density at radius 1 is 1.32 bits per heavy atom. The minimum absolute atomic E-state index is 0.0725. The smallest absolute Gasteiger partial charge is 0.181 e. The number of nitrogens with two attached hydrogens (primary N) is 1. The van der Waals surface area contributed by atoms with Gasteiger partial charge < -0.3 is 5.84 Å². The second kappa shape index (κ2) is 9.38. The lowest BCUT2D eigenvalue weighted by Crippen LogP contribution is -2.09. The quantitative estimate of drug-likeness (QED) is 0.192. The first kappa shape index (κ1) is 18.4. The molecule has 0 fully saturated rings. The average molecular weight is 339 g/mol. The number of benzene rings is 1. The predicted octanol–water partition coefficient (Wildman–Crippen LogP) is 5.37. The van der Waals surface area contributed by atoms with Crippen LogP contribution >= 0.6 is 23.2 Å². The highest BCUT2D eigenvalue weighted by Crippen LogP contribution is 2.27. The van der Waals surface area contributed by atoms with Crippen molar-refractivity contribution in [1.82, 2.24) is 0 Å². The number of halogens is 2. The summed E-state index contributed by atoms with van der Waals surface area (Å²) in [5.41, 5.74) is 1.78. The van der Waals surface area contributed by atoms with Gasteiger partial charge in [0.25, 0.3) is 0 Å². The van der Waals surface area contributed by atoms with Gasteiger partial charge in [-0.15, -0.1) is 5.11 Å². The number of hydrogen-bond acceptors (Lipinski definition) is 2. The SMILES string of the molecule is C/C=C\C/C(=C\C)C(C)N=C(N=NN)c1cccc(Cl)c1Cl. The standard InChI is InChI=1S/C16H20Cl2N4/c1-4-6-8-12(5-2)11(3)20-16(21-22-19)13-9-7-10-14(17)15(13)18/h4-7,9-11H,8H2,1-3H3,(H2,19,20,21)/b6-4-,12-5+. The third-order valence-electron chi connectivity index (χ3n) is 3.16. The Bertz CT molecular complexity index is 619. The monoisotopic (exact) mass is 338 g/mol. The molecule has 0 aliphatic rings. The van der Waals surface area contributed by atoms with Crippen molar-refractivity contribution >= 4 is 29.0 Å². The van der Waals surface area contributed by atoms with Crippen molar-refractivity contribution in [3.8, 4) is 0 Å². The first-order valence-corrected chi connectivity index (χ1v) is 7.70. The summed E-state index contributed by atoms with van der Waals surface area (Å²) in [6, 6.07) is 5.20. The van der Waals surface area contributed by atoms with Gasteiger partial charge in [0.2, 0.25) is 0 Å². The molecular weight excluding hydrogens is 319 g/mol.